The number of hydrogen-bond acceptors (Lipinski definition) is 6. The van der Waals surface area contributed by atoms with Crippen LogP contribution in [-0.2, 0) is 0 Å². The third-order valence-electron chi connectivity index (χ3n) is 3.42. The second-order valence-corrected chi connectivity index (χ2v) is 6.86. The summed E-state index contributed by atoms with van der Waals surface area (Å²) in [6, 6.07) is 4.06. The molecule has 0 aliphatic carbocycles. The highest BCUT2D eigenvalue weighted by atomic mass is 32.2. The minimum absolute atomic E-state index is 0.540. The average Bonchev–Trinajstić information content (AvgIpc) is 3.10. The Hall–Kier alpha value is -1.86. The van der Waals surface area contributed by atoms with E-state index in [0.29, 0.717) is 11.6 Å². The van der Waals surface area contributed by atoms with Gasteiger partial charge in [0.1, 0.15) is 11.2 Å². The summed E-state index contributed by atoms with van der Waals surface area (Å²) in [6.45, 7) is 4.14. The molecule has 0 spiro atoms. The van der Waals surface area contributed by atoms with Crippen LogP contribution in [0.25, 0.3) is 27.6 Å². The molecule has 0 radical (unpaired) electrons. The lowest BCUT2D eigenvalue weighted by atomic mass is 10.1. The fourth-order valence-corrected chi connectivity index (χ4v) is 3.50. The van der Waals surface area contributed by atoms with Crippen LogP contribution >= 0.6 is 23.1 Å². The highest BCUT2D eigenvalue weighted by Crippen LogP contribution is 2.28. The zero-order valence-corrected chi connectivity index (χ0v) is 13.4. The van der Waals surface area contributed by atoms with Gasteiger partial charge in [-0.3, -0.25) is 0 Å². The van der Waals surface area contributed by atoms with Crippen molar-refractivity contribution in [3.63, 3.8) is 0 Å². The van der Waals surface area contributed by atoms with Gasteiger partial charge in [-0.25, -0.2) is 14.5 Å². The molecule has 0 amide bonds. The number of hydrogen-bond donors (Lipinski definition) is 0. The van der Waals surface area contributed by atoms with Crippen molar-refractivity contribution >= 4 is 39.2 Å². The van der Waals surface area contributed by atoms with Gasteiger partial charge in [0.2, 0.25) is 10.9 Å². The Kier molecular flexibility index (Phi) is 2.80. The van der Waals surface area contributed by atoms with Crippen LogP contribution in [-0.4, -0.2) is 25.8 Å². The quantitative estimate of drug-likeness (QED) is 0.524. The molecule has 0 bridgehead atoms. The van der Waals surface area contributed by atoms with E-state index in [-0.39, 0.29) is 0 Å². The van der Waals surface area contributed by atoms with E-state index in [1.165, 1.54) is 11.1 Å². The largest absolute Gasteiger partial charge is 0.435 e. The third-order valence-corrected chi connectivity index (χ3v) is 5.32. The highest BCUT2D eigenvalue weighted by molar-refractivity contribution is 8.00. The molecule has 106 valence electrons. The van der Waals surface area contributed by atoms with Crippen molar-refractivity contribution in [3.8, 4) is 11.6 Å². The van der Waals surface area contributed by atoms with Gasteiger partial charge in [-0.15, -0.1) is 5.10 Å². The second kappa shape index (κ2) is 4.57. The number of thioether (sulfide) groups is 1. The molecular weight excluding hydrogens is 304 g/mol. The standard InChI is InChI=1S/C14H12N4OS2/c1-7-4-9-11(5-8(7)2)19-12(15-9)10-6-18-13(16-10)21-14(17-18)20-3/h4-6H,1-3H3. The SMILES string of the molecule is CSc1nn2cc(-c3nc4cc(C)c(C)cc4o3)nc2s1. The van der Waals surface area contributed by atoms with Gasteiger partial charge in [-0.2, -0.15) is 0 Å². The van der Waals surface area contributed by atoms with Crippen molar-refractivity contribution in [2.45, 2.75) is 18.2 Å². The minimum Gasteiger partial charge on any atom is -0.435 e. The number of nitrogens with zero attached hydrogens (tertiary/aromatic N) is 4. The molecule has 4 aromatic rings. The van der Waals surface area contributed by atoms with Crippen LogP contribution < -0.4 is 0 Å². The van der Waals surface area contributed by atoms with Gasteiger partial charge in [-0.05, 0) is 43.4 Å². The van der Waals surface area contributed by atoms with Gasteiger partial charge in [0, 0.05) is 0 Å². The van der Waals surface area contributed by atoms with Crippen LogP contribution in [0.3, 0.4) is 0 Å². The number of imidazole rings is 1. The van der Waals surface area contributed by atoms with Gasteiger partial charge in [0.15, 0.2) is 9.92 Å². The van der Waals surface area contributed by atoms with Crippen LogP contribution in [0.15, 0.2) is 27.1 Å². The fourth-order valence-electron chi connectivity index (χ4n) is 2.16. The van der Waals surface area contributed by atoms with Crippen LogP contribution in [0.5, 0.6) is 0 Å². The number of aryl methyl sites for hydroxylation is 2. The van der Waals surface area contributed by atoms with E-state index < -0.39 is 0 Å². The number of benzene rings is 1. The Balaban J connectivity index is 1.85. The van der Waals surface area contributed by atoms with E-state index in [9.17, 15) is 0 Å². The van der Waals surface area contributed by atoms with E-state index in [1.807, 2.05) is 24.6 Å². The molecule has 0 unspecified atom stereocenters. The molecule has 1 aromatic carbocycles. The first-order valence-corrected chi connectivity index (χ1v) is 8.46. The van der Waals surface area contributed by atoms with Gasteiger partial charge in [0.25, 0.3) is 0 Å². The summed E-state index contributed by atoms with van der Waals surface area (Å²) in [7, 11) is 0. The molecule has 0 fully saturated rings. The first-order valence-electron chi connectivity index (χ1n) is 6.42. The number of oxazole rings is 1. The first kappa shape index (κ1) is 12.8. The first-order chi connectivity index (χ1) is 10.1. The summed E-state index contributed by atoms with van der Waals surface area (Å²) in [5.74, 6) is 0.540. The molecule has 0 saturated heterocycles. The van der Waals surface area contributed by atoms with Gasteiger partial charge < -0.3 is 4.42 Å². The second-order valence-electron chi connectivity index (χ2n) is 4.85. The number of aromatic nitrogens is 4. The predicted octanol–water partition coefficient (Wildman–Crippen LogP) is 3.94. The third kappa shape index (κ3) is 2.04. The van der Waals surface area contributed by atoms with Gasteiger partial charge in [0.05, 0.1) is 6.20 Å². The Morgan fingerprint density at radius 3 is 2.76 bits per heavy atom. The lowest BCUT2D eigenvalue weighted by molar-refractivity contribution is 0.617. The van der Waals surface area contributed by atoms with E-state index >= 15 is 0 Å². The van der Waals surface area contributed by atoms with Crippen molar-refractivity contribution in [2.24, 2.45) is 0 Å². The molecule has 4 rings (SSSR count). The molecule has 7 heteroatoms. The Morgan fingerprint density at radius 1 is 1.19 bits per heavy atom. The van der Waals surface area contributed by atoms with Crippen LogP contribution in [0.1, 0.15) is 11.1 Å². The lowest BCUT2D eigenvalue weighted by Crippen LogP contribution is -1.80. The monoisotopic (exact) mass is 316 g/mol. The summed E-state index contributed by atoms with van der Waals surface area (Å²) >= 11 is 3.17. The zero-order chi connectivity index (χ0) is 14.6. The number of rotatable bonds is 2. The molecule has 3 aromatic heterocycles. The summed E-state index contributed by atoms with van der Waals surface area (Å²) in [5, 5.41) is 4.43. The zero-order valence-electron chi connectivity index (χ0n) is 11.7. The van der Waals surface area contributed by atoms with Gasteiger partial charge in [-0.1, -0.05) is 23.1 Å². The van der Waals surface area contributed by atoms with Crippen molar-refractivity contribution in [3.05, 3.63) is 29.5 Å². The fraction of sp³-hybridized carbons (Fsp3) is 0.214. The van der Waals surface area contributed by atoms with Crippen LogP contribution in [0.2, 0.25) is 0 Å². The Bertz CT molecular complexity index is 896. The van der Waals surface area contributed by atoms with Crippen molar-refractivity contribution in [2.75, 3.05) is 6.26 Å². The normalized spacial score (nSPS) is 11.8. The van der Waals surface area contributed by atoms with E-state index in [4.69, 9.17) is 4.42 Å². The van der Waals surface area contributed by atoms with E-state index in [1.54, 1.807) is 27.6 Å². The molecule has 0 N–H and O–H groups in total. The maximum atomic E-state index is 5.83. The summed E-state index contributed by atoms with van der Waals surface area (Å²) in [5.41, 5.74) is 4.78. The predicted molar refractivity (Wildman–Crippen MR) is 85.1 cm³/mol. The van der Waals surface area contributed by atoms with Crippen LogP contribution in [0, 0.1) is 13.8 Å². The molecule has 5 nitrogen and oxygen atoms in total. The topological polar surface area (TPSA) is 56.2 Å². The van der Waals surface area contributed by atoms with Crippen molar-refractivity contribution in [1.29, 1.82) is 0 Å². The minimum atomic E-state index is 0.540. The molecule has 0 atom stereocenters. The molecule has 21 heavy (non-hydrogen) atoms. The maximum Gasteiger partial charge on any atom is 0.247 e. The molecule has 0 aliphatic rings. The molecule has 3 heterocycles. The van der Waals surface area contributed by atoms with E-state index in [2.05, 4.69) is 28.9 Å². The Morgan fingerprint density at radius 2 is 2.00 bits per heavy atom. The smallest absolute Gasteiger partial charge is 0.247 e. The summed E-state index contributed by atoms with van der Waals surface area (Å²) in [6.07, 6.45) is 3.86. The van der Waals surface area contributed by atoms with E-state index in [0.717, 1.165) is 20.4 Å². The average molecular weight is 316 g/mol. The van der Waals surface area contributed by atoms with Crippen LogP contribution in [0.4, 0.5) is 0 Å². The lowest BCUT2D eigenvalue weighted by Gasteiger charge is -1.96. The summed E-state index contributed by atoms with van der Waals surface area (Å²) in [4.78, 5) is 9.92. The van der Waals surface area contributed by atoms with Crippen molar-refractivity contribution in [1.82, 2.24) is 19.6 Å². The molecule has 0 saturated carbocycles. The molecule has 0 aliphatic heterocycles. The maximum absolute atomic E-state index is 5.83. The molecular formula is C14H12N4OS2. The van der Waals surface area contributed by atoms with Gasteiger partial charge >= 0.3 is 0 Å². The summed E-state index contributed by atoms with van der Waals surface area (Å²) < 4.78 is 8.60. The highest BCUT2D eigenvalue weighted by Gasteiger charge is 2.15. The van der Waals surface area contributed by atoms with Crippen molar-refractivity contribution < 1.29 is 4.42 Å². The Labute approximate surface area is 129 Å². The number of fused-ring (bicyclic) bond motifs is 2.